The molecule has 6 nitrogen and oxygen atoms in total. The Morgan fingerprint density at radius 2 is 1.63 bits per heavy atom. The molecule has 2 heterocycles. The molecule has 0 unspecified atom stereocenters. The standard InChI is InChI=1S/C34H34FN5O/c1-22-19-25(13-16-28(22)35)29-21-36-30-20-27(23-9-6-5-7-10-23)31(39-40(29)30)24-11-14-26(15-12-24)34(17-8-18-34)38-32(41)37-33(2,3)4/h5-7,9-16,19-21H,8,17-18H2,1-4H3,(H2,37,38,41). The van der Waals surface area contributed by atoms with Gasteiger partial charge in [-0.2, -0.15) is 5.10 Å². The summed E-state index contributed by atoms with van der Waals surface area (Å²) in [6, 6.07) is 25.5. The van der Waals surface area contributed by atoms with Crippen LogP contribution in [0.3, 0.4) is 0 Å². The first kappa shape index (κ1) is 26.7. The number of nitrogens with zero attached hydrogens (tertiary/aromatic N) is 3. The van der Waals surface area contributed by atoms with Crippen molar-refractivity contribution < 1.29 is 9.18 Å². The monoisotopic (exact) mass is 547 g/mol. The number of aromatic nitrogens is 3. The molecule has 0 spiro atoms. The Labute approximate surface area is 239 Å². The highest BCUT2D eigenvalue weighted by Gasteiger charge is 2.40. The van der Waals surface area contributed by atoms with Gasteiger partial charge in [-0.1, -0.05) is 54.6 Å². The molecule has 7 heteroatoms. The minimum absolute atomic E-state index is 0.150. The average Bonchev–Trinajstić information content (AvgIpc) is 3.34. The Morgan fingerprint density at radius 1 is 0.927 bits per heavy atom. The molecule has 1 aliphatic carbocycles. The highest BCUT2D eigenvalue weighted by molar-refractivity contribution is 5.83. The first-order valence-electron chi connectivity index (χ1n) is 14.0. The zero-order valence-corrected chi connectivity index (χ0v) is 23.8. The van der Waals surface area contributed by atoms with E-state index in [4.69, 9.17) is 5.10 Å². The topological polar surface area (TPSA) is 71.3 Å². The minimum Gasteiger partial charge on any atom is -0.334 e. The molecule has 0 aliphatic heterocycles. The van der Waals surface area contributed by atoms with E-state index in [1.54, 1.807) is 19.2 Å². The lowest BCUT2D eigenvalue weighted by atomic mass is 9.71. The summed E-state index contributed by atoms with van der Waals surface area (Å²) in [6.45, 7) is 7.69. The van der Waals surface area contributed by atoms with Crippen LogP contribution in [0.4, 0.5) is 9.18 Å². The summed E-state index contributed by atoms with van der Waals surface area (Å²) in [6.07, 6.45) is 4.66. The normalized spacial score (nSPS) is 14.5. The van der Waals surface area contributed by atoms with E-state index >= 15 is 0 Å². The lowest BCUT2D eigenvalue weighted by Gasteiger charge is -2.43. The quantitative estimate of drug-likeness (QED) is 0.237. The zero-order valence-electron chi connectivity index (χ0n) is 23.8. The van der Waals surface area contributed by atoms with Gasteiger partial charge in [-0.3, -0.25) is 0 Å². The maximum absolute atomic E-state index is 14.0. The number of amides is 2. The maximum atomic E-state index is 14.0. The Balaban J connectivity index is 1.42. The third-order valence-corrected chi connectivity index (χ3v) is 7.79. The molecule has 0 radical (unpaired) electrons. The fraction of sp³-hybridized carbons (Fsp3) is 0.265. The molecule has 0 saturated heterocycles. The molecule has 3 aromatic carbocycles. The van der Waals surface area contributed by atoms with Crippen molar-refractivity contribution >= 4 is 11.7 Å². The van der Waals surface area contributed by atoms with Gasteiger partial charge in [-0.05, 0) is 87.9 Å². The second-order valence-corrected chi connectivity index (χ2v) is 12.0. The van der Waals surface area contributed by atoms with Gasteiger partial charge in [0.2, 0.25) is 0 Å². The van der Waals surface area contributed by atoms with E-state index < -0.39 is 0 Å². The van der Waals surface area contributed by atoms with Crippen LogP contribution in [-0.4, -0.2) is 26.2 Å². The summed E-state index contributed by atoms with van der Waals surface area (Å²) in [5.41, 5.74) is 7.12. The smallest absolute Gasteiger partial charge is 0.315 e. The van der Waals surface area contributed by atoms with Crippen molar-refractivity contribution in [3.05, 3.63) is 102 Å². The third-order valence-electron chi connectivity index (χ3n) is 7.79. The Morgan fingerprint density at radius 3 is 2.27 bits per heavy atom. The molecule has 1 fully saturated rings. The predicted molar refractivity (Wildman–Crippen MR) is 161 cm³/mol. The predicted octanol–water partition coefficient (Wildman–Crippen LogP) is 7.65. The second kappa shape index (κ2) is 10.1. The minimum atomic E-state index is -0.370. The molecule has 208 valence electrons. The van der Waals surface area contributed by atoms with Crippen LogP contribution >= 0.6 is 0 Å². The van der Waals surface area contributed by atoms with Crippen molar-refractivity contribution in [2.24, 2.45) is 0 Å². The van der Waals surface area contributed by atoms with E-state index in [1.165, 1.54) is 6.07 Å². The lowest BCUT2D eigenvalue weighted by Crippen LogP contribution is -2.56. The molecule has 6 rings (SSSR count). The van der Waals surface area contributed by atoms with Gasteiger partial charge in [-0.25, -0.2) is 18.7 Å². The van der Waals surface area contributed by atoms with Crippen LogP contribution in [-0.2, 0) is 5.54 Å². The molecular weight excluding hydrogens is 513 g/mol. The number of carbonyl (C=O) groups excluding carboxylic acids is 1. The maximum Gasteiger partial charge on any atom is 0.315 e. The fourth-order valence-electron chi connectivity index (χ4n) is 5.52. The van der Waals surface area contributed by atoms with Crippen molar-refractivity contribution in [3.63, 3.8) is 0 Å². The van der Waals surface area contributed by atoms with E-state index in [1.807, 2.05) is 49.6 Å². The number of carbonyl (C=O) groups is 1. The van der Waals surface area contributed by atoms with Gasteiger partial charge < -0.3 is 10.6 Å². The van der Waals surface area contributed by atoms with E-state index in [-0.39, 0.29) is 22.9 Å². The van der Waals surface area contributed by atoms with Crippen LogP contribution in [0.25, 0.3) is 39.3 Å². The fourth-order valence-corrected chi connectivity index (χ4v) is 5.52. The summed E-state index contributed by atoms with van der Waals surface area (Å²) >= 11 is 0. The Kier molecular flexibility index (Phi) is 6.60. The Hall–Kier alpha value is -4.52. The number of nitrogens with one attached hydrogen (secondary N) is 2. The highest BCUT2D eigenvalue weighted by atomic mass is 19.1. The number of fused-ring (bicyclic) bond motifs is 1. The number of halogens is 1. The van der Waals surface area contributed by atoms with Crippen LogP contribution < -0.4 is 10.6 Å². The number of urea groups is 1. The lowest BCUT2D eigenvalue weighted by molar-refractivity contribution is 0.172. The number of rotatable bonds is 5. The summed E-state index contributed by atoms with van der Waals surface area (Å²) in [5, 5.41) is 11.4. The molecule has 2 aromatic heterocycles. The summed E-state index contributed by atoms with van der Waals surface area (Å²) in [7, 11) is 0. The van der Waals surface area contributed by atoms with Gasteiger partial charge in [-0.15, -0.1) is 0 Å². The van der Waals surface area contributed by atoms with Gasteiger partial charge >= 0.3 is 6.03 Å². The van der Waals surface area contributed by atoms with Crippen LogP contribution in [0.15, 0.2) is 85.1 Å². The number of aryl methyl sites for hydroxylation is 1. The van der Waals surface area contributed by atoms with Gasteiger partial charge in [0, 0.05) is 22.2 Å². The van der Waals surface area contributed by atoms with Crippen LogP contribution in [0, 0.1) is 12.7 Å². The number of hydrogen-bond acceptors (Lipinski definition) is 3. The molecule has 0 bridgehead atoms. The molecule has 2 N–H and O–H groups in total. The summed E-state index contributed by atoms with van der Waals surface area (Å²) in [4.78, 5) is 17.4. The van der Waals surface area contributed by atoms with E-state index in [0.29, 0.717) is 11.2 Å². The van der Waals surface area contributed by atoms with Gasteiger partial charge in [0.1, 0.15) is 5.82 Å². The van der Waals surface area contributed by atoms with Crippen molar-refractivity contribution in [2.45, 2.75) is 58.0 Å². The number of hydrogen-bond donors (Lipinski definition) is 2. The van der Waals surface area contributed by atoms with E-state index in [9.17, 15) is 9.18 Å². The van der Waals surface area contributed by atoms with Crippen molar-refractivity contribution in [2.75, 3.05) is 0 Å². The highest BCUT2D eigenvalue weighted by Crippen LogP contribution is 2.42. The first-order valence-corrected chi connectivity index (χ1v) is 14.0. The third kappa shape index (κ3) is 5.20. The van der Waals surface area contributed by atoms with Gasteiger partial charge in [0.05, 0.1) is 23.1 Å². The average molecular weight is 548 g/mol. The van der Waals surface area contributed by atoms with Crippen molar-refractivity contribution in [1.82, 2.24) is 25.2 Å². The largest absolute Gasteiger partial charge is 0.334 e. The van der Waals surface area contributed by atoms with Crippen LogP contribution in [0.1, 0.15) is 51.2 Å². The number of imidazole rings is 1. The molecule has 41 heavy (non-hydrogen) atoms. The summed E-state index contributed by atoms with van der Waals surface area (Å²) < 4.78 is 15.8. The van der Waals surface area contributed by atoms with Crippen LogP contribution in [0.5, 0.6) is 0 Å². The van der Waals surface area contributed by atoms with E-state index in [2.05, 4.69) is 58.1 Å². The molecule has 0 atom stereocenters. The Bertz CT molecular complexity index is 1730. The first-order chi connectivity index (χ1) is 19.6. The SMILES string of the molecule is Cc1cc(-c2cnc3cc(-c4ccccc4)c(-c4ccc(C5(NC(=O)NC(C)(C)C)CCC5)cc4)nn23)ccc1F. The molecule has 1 saturated carbocycles. The van der Waals surface area contributed by atoms with Crippen molar-refractivity contribution in [1.29, 1.82) is 0 Å². The van der Waals surface area contributed by atoms with E-state index in [0.717, 1.165) is 58.5 Å². The van der Waals surface area contributed by atoms with Crippen molar-refractivity contribution in [3.8, 4) is 33.6 Å². The van der Waals surface area contributed by atoms with Gasteiger partial charge in [0.25, 0.3) is 0 Å². The molecule has 5 aromatic rings. The summed E-state index contributed by atoms with van der Waals surface area (Å²) in [5.74, 6) is -0.239. The molecule has 2 amide bonds. The second-order valence-electron chi connectivity index (χ2n) is 12.0. The molecule has 1 aliphatic rings. The zero-order chi connectivity index (χ0) is 28.8. The molecular formula is C34H34FN5O. The van der Waals surface area contributed by atoms with Crippen LogP contribution in [0.2, 0.25) is 0 Å². The number of benzene rings is 3. The van der Waals surface area contributed by atoms with Gasteiger partial charge in [0.15, 0.2) is 5.65 Å².